The lowest BCUT2D eigenvalue weighted by Gasteiger charge is -1.97. The van der Waals surface area contributed by atoms with Crippen LogP contribution in [-0.2, 0) is 9.68 Å². The molecule has 0 aliphatic carbocycles. The zero-order valence-electron chi connectivity index (χ0n) is 9.82. The second-order valence-corrected chi connectivity index (χ2v) is 3.23. The Kier molecular flexibility index (Phi) is 12.0. The molecule has 0 saturated heterocycles. The van der Waals surface area contributed by atoms with Gasteiger partial charge in [0.25, 0.3) is 6.79 Å². The van der Waals surface area contributed by atoms with E-state index < -0.39 is 0 Å². The molecule has 0 amide bonds. The molecule has 15 heavy (non-hydrogen) atoms. The highest BCUT2D eigenvalue weighted by atomic mass is 16.8. The fraction of sp³-hybridized carbons (Fsp3) is 0.818. The van der Waals surface area contributed by atoms with Crippen LogP contribution >= 0.6 is 0 Å². The Morgan fingerprint density at radius 3 is 2.47 bits per heavy atom. The summed E-state index contributed by atoms with van der Waals surface area (Å²) in [6.07, 6.45) is 10.7. The van der Waals surface area contributed by atoms with E-state index >= 15 is 0 Å². The molecule has 0 aromatic heterocycles. The monoisotopic (exact) mass is 214 g/mol. The quantitative estimate of drug-likeness (QED) is 0.242. The van der Waals surface area contributed by atoms with E-state index in [-0.39, 0.29) is 6.79 Å². The first kappa shape index (κ1) is 13.9. The molecule has 0 rings (SSSR count). The largest absolute Gasteiger partial charge is 0.352 e. The van der Waals surface area contributed by atoms with Gasteiger partial charge < -0.3 is 9.68 Å². The van der Waals surface area contributed by atoms with Crippen molar-refractivity contribution in [2.75, 3.05) is 6.79 Å². The minimum Gasteiger partial charge on any atom is -0.352 e. The van der Waals surface area contributed by atoms with Gasteiger partial charge in [-0.15, -0.1) is 0 Å². The Morgan fingerprint density at radius 1 is 1.00 bits per heavy atom. The average molecular weight is 214 g/mol. The van der Waals surface area contributed by atoms with E-state index in [1.54, 1.807) is 19.4 Å². The van der Waals surface area contributed by atoms with Gasteiger partial charge in [0.2, 0.25) is 0 Å². The van der Waals surface area contributed by atoms with Crippen LogP contribution in [0.4, 0.5) is 0 Å². The molecular formula is C11H22N2O2. The Balaban J connectivity index is 3.03. The Bertz CT molecular complexity index is 170. The van der Waals surface area contributed by atoms with E-state index in [1.807, 2.05) is 0 Å². The molecule has 4 nitrogen and oxygen atoms in total. The molecule has 0 aliphatic heterocycles. The molecule has 0 atom stereocenters. The molecule has 0 aromatic rings. The van der Waals surface area contributed by atoms with Gasteiger partial charge in [-0.05, 0) is 19.8 Å². The second kappa shape index (κ2) is 12.9. The van der Waals surface area contributed by atoms with E-state index in [0.29, 0.717) is 0 Å². The third kappa shape index (κ3) is 12.9. The summed E-state index contributed by atoms with van der Waals surface area (Å²) in [4.78, 5) is 9.47. The molecule has 0 saturated carbocycles. The van der Waals surface area contributed by atoms with Gasteiger partial charge in [0.1, 0.15) is 0 Å². The maximum atomic E-state index is 4.80. The van der Waals surface area contributed by atoms with Crippen LogP contribution in [0.2, 0.25) is 0 Å². The van der Waals surface area contributed by atoms with Crippen LogP contribution in [0.1, 0.15) is 52.4 Å². The van der Waals surface area contributed by atoms with Crippen LogP contribution in [0, 0.1) is 0 Å². The number of rotatable bonds is 10. The highest BCUT2D eigenvalue weighted by Gasteiger charge is 1.87. The Morgan fingerprint density at radius 2 is 1.73 bits per heavy atom. The predicted molar refractivity (Wildman–Crippen MR) is 63.1 cm³/mol. The van der Waals surface area contributed by atoms with Gasteiger partial charge in [0.15, 0.2) is 0 Å². The molecule has 4 heteroatoms. The first-order chi connectivity index (χ1) is 7.41. The number of unbranched alkanes of at least 4 members (excludes halogenated alkanes) is 5. The first-order valence-corrected chi connectivity index (χ1v) is 5.65. The van der Waals surface area contributed by atoms with Crippen LogP contribution in [0.3, 0.4) is 0 Å². The lowest BCUT2D eigenvalue weighted by Crippen LogP contribution is -1.90. The van der Waals surface area contributed by atoms with Crippen molar-refractivity contribution < 1.29 is 9.68 Å². The number of hydrogen-bond donors (Lipinski definition) is 0. The summed E-state index contributed by atoms with van der Waals surface area (Å²) >= 11 is 0. The molecule has 0 bridgehead atoms. The molecule has 0 radical (unpaired) electrons. The summed E-state index contributed by atoms with van der Waals surface area (Å²) < 4.78 is 0. The summed E-state index contributed by atoms with van der Waals surface area (Å²) in [5.74, 6) is 0. The lowest BCUT2D eigenvalue weighted by molar-refractivity contribution is -0.0496. The van der Waals surface area contributed by atoms with Crippen molar-refractivity contribution in [3.8, 4) is 0 Å². The smallest absolute Gasteiger partial charge is 0.280 e. The number of nitrogens with zero attached hydrogens (tertiary/aromatic N) is 2. The highest BCUT2D eigenvalue weighted by molar-refractivity contribution is 5.56. The van der Waals surface area contributed by atoms with Crippen LogP contribution in [0.15, 0.2) is 10.3 Å². The van der Waals surface area contributed by atoms with Gasteiger partial charge in [-0.3, -0.25) is 0 Å². The van der Waals surface area contributed by atoms with Gasteiger partial charge >= 0.3 is 0 Å². The van der Waals surface area contributed by atoms with Crippen molar-refractivity contribution in [1.29, 1.82) is 0 Å². The van der Waals surface area contributed by atoms with Crippen molar-refractivity contribution >= 4 is 12.4 Å². The molecule has 88 valence electrons. The first-order valence-electron chi connectivity index (χ1n) is 5.65. The SMILES string of the molecule is C/C=N\OCO/N=C\CCCCCCC. The van der Waals surface area contributed by atoms with Crippen molar-refractivity contribution in [1.82, 2.24) is 0 Å². The normalized spacial score (nSPS) is 11.3. The summed E-state index contributed by atoms with van der Waals surface area (Å²) in [5, 5.41) is 7.25. The molecule has 0 N–H and O–H groups in total. The number of oxime groups is 2. The van der Waals surface area contributed by atoms with E-state index in [0.717, 1.165) is 6.42 Å². The molecule has 0 heterocycles. The Hall–Kier alpha value is -1.06. The van der Waals surface area contributed by atoms with Crippen LogP contribution in [0.5, 0.6) is 0 Å². The summed E-state index contributed by atoms with van der Waals surface area (Å²) in [6.45, 7) is 4.07. The molecule has 0 unspecified atom stereocenters. The molecular weight excluding hydrogens is 192 g/mol. The standard InChI is InChI=1S/C11H22N2O2/c1-3-5-6-7-8-9-10-13-15-11-14-12-4-2/h4,10H,3,5-9,11H2,1-2H3/b12-4-,13-10-. The van der Waals surface area contributed by atoms with Crippen molar-refractivity contribution in [2.45, 2.75) is 52.4 Å². The third-order valence-electron chi connectivity index (χ3n) is 1.87. The van der Waals surface area contributed by atoms with Crippen molar-refractivity contribution in [3.05, 3.63) is 0 Å². The molecule has 0 spiro atoms. The van der Waals surface area contributed by atoms with E-state index in [1.165, 1.54) is 32.1 Å². The summed E-state index contributed by atoms with van der Waals surface area (Å²) in [7, 11) is 0. The van der Waals surface area contributed by atoms with Crippen molar-refractivity contribution in [2.24, 2.45) is 10.3 Å². The fourth-order valence-corrected chi connectivity index (χ4v) is 1.10. The van der Waals surface area contributed by atoms with Gasteiger partial charge in [-0.1, -0.05) is 42.9 Å². The topological polar surface area (TPSA) is 43.2 Å². The zero-order chi connectivity index (χ0) is 11.2. The summed E-state index contributed by atoms with van der Waals surface area (Å²) in [6, 6.07) is 0. The maximum Gasteiger partial charge on any atom is 0.280 e. The molecule has 0 aliphatic rings. The van der Waals surface area contributed by atoms with Gasteiger partial charge in [-0.2, -0.15) is 0 Å². The fourth-order valence-electron chi connectivity index (χ4n) is 1.10. The Labute approximate surface area is 92.3 Å². The van der Waals surface area contributed by atoms with E-state index in [2.05, 4.69) is 22.1 Å². The second-order valence-electron chi connectivity index (χ2n) is 3.23. The van der Waals surface area contributed by atoms with Gasteiger partial charge in [-0.25, -0.2) is 0 Å². The highest BCUT2D eigenvalue weighted by Crippen LogP contribution is 2.03. The minimum atomic E-state index is 0.0800. The molecule has 0 fully saturated rings. The number of hydrogen-bond acceptors (Lipinski definition) is 4. The van der Waals surface area contributed by atoms with Gasteiger partial charge in [0, 0.05) is 12.4 Å². The zero-order valence-corrected chi connectivity index (χ0v) is 9.82. The van der Waals surface area contributed by atoms with Crippen LogP contribution < -0.4 is 0 Å². The van der Waals surface area contributed by atoms with E-state index in [4.69, 9.17) is 4.84 Å². The average Bonchev–Trinajstić information content (AvgIpc) is 2.26. The van der Waals surface area contributed by atoms with E-state index in [9.17, 15) is 0 Å². The maximum absolute atomic E-state index is 4.80. The van der Waals surface area contributed by atoms with Crippen molar-refractivity contribution in [3.63, 3.8) is 0 Å². The van der Waals surface area contributed by atoms with Crippen LogP contribution in [0.25, 0.3) is 0 Å². The predicted octanol–water partition coefficient (Wildman–Crippen LogP) is 3.33. The molecule has 0 aromatic carbocycles. The van der Waals surface area contributed by atoms with Gasteiger partial charge in [0.05, 0.1) is 0 Å². The third-order valence-corrected chi connectivity index (χ3v) is 1.87. The lowest BCUT2D eigenvalue weighted by atomic mass is 10.1. The summed E-state index contributed by atoms with van der Waals surface area (Å²) in [5.41, 5.74) is 0. The van der Waals surface area contributed by atoms with Crippen LogP contribution in [-0.4, -0.2) is 19.2 Å². The minimum absolute atomic E-state index is 0.0800.